The normalized spacial score (nSPS) is 14.0. The van der Waals surface area contributed by atoms with Gasteiger partial charge in [-0.2, -0.15) is 5.10 Å². The highest BCUT2D eigenvalue weighted by Crippen LogP contribution is 2.31. The van der Waals surface area contributed by atoms with E-state index >= 15 is 0 Å². The smallest absolute Gasteiger partial charge is 0.265 e. The van der Waals surface area contributed by atoms with Crippen molar-refractivity contribution in [2.24, 2.45) is 5.10 Å². The topological polar surface area (TPSA) is 83.9 Å². The number of para-hydroxylation sites is 2. The lowest BCUT2D eigenvalue weighted by molar-refractivity contribution is -0.125. The first kappa shape index (κ1) is 15.7. The molecule has 0 fully saturated rings. The number of amides is 2. The Hall–Kier alpha value is -3.22. The summed E-state index contributed by atoms with van der Waals surface area (Å²) in [6.45, 7) is 1.57. The first-order valence-corrected chi connectivity index (χ1v) is 7.41. The van der Waals surface area contributed by atoms with Gasteiger partial charge < -0.3 is 4.74 Å². The van der Waals surface area contributed by atoms with E-state index in [4.69, 9.17) is 4.74 Å². The van der Waals surface area contributed by atoms with Crippen molar-refractivity contribution in [3.8, 4) is 5.75 Å². The number of ether oxygens (including phenoxy) is 1. The maximum atomic E-state index is 12.1. The van der Waals surface area contributed by atoms with Crippen molar-refractivity contribution in [1.29, 1.82) is 0 Å². The van der Waals surface area contributed by atoms with Crippen LogP contribution in [-0.4, -0.2) is 35.7 Å². The van der Waals surface area contributed by atoms with Crippen LogP contribution in [0.4, 0.5) is 5.69 Å². The van der Waals surface area contributed by atoms with Gasteiger partial charge in [0.2, 0.25) is 0 Å². The van der Waals surface area contributed by atoms with E-state index in [-0.39, 0.29) is 25.0 Å². The van der Waals surface area contributed by atoms with Crippen LogP contribution in [0.5, 0.6) is 5.75 Å². The lowest BCUT2D eigenvalue weighted by Crippen LogP contribution is -2.44. The van der Waals surface area contributed by atoms with Gasteiger partial charge >= 0.3 is 0 Å². The molecular weight excluding hydrogens is 308 g/mol. The fourth-order valence-corrected chi connectivity index (χ4v) is 2.29. The van der Waals surface area contributed by atoms with Crippen molar-refractivity contribution in [1.82, 2.24) is 10.4 Å². The third-order valence-electron chi connectivity index (χ3n) is 3.54. The highest BCUT2D eigenvalue weighted by molar-refractivity contribution is 6.03. The summed E-state index contributed by atoms with van der Waals surface area (Å²) in [7, 11) is 0. The number of carbonyl (C=O) groups excluding carboxylic acids is 2. The monoisotopic (exact) mass is 324 g/mol. The fourth-order valence-electron chi connectivity index (χ4n) is 2.29. The highest BCUT2D eigenvalue weighted by atomic mass is 16.5. The molecule has 7 heteroatoms. The largest absolute Gasteiger partial charge is 0.482 e. The second-order valence-electron chi connectivity index (χ2n) is 5.21. The number of carbonyl (C=O) groups is 2. The van der Waals surface area contributed by atoms with Gasteiger partial charge in [-0.15, -0.1) is 0 Å². The predicted octanol–water partition coefficient (Wildman–Crippen LogP) is 1.35. The van der Waals surface area contributed by atoms with Crippen molar-refractivity contribution in [2.45, 2.75) is 6.92 Å². The van der Waals surface area contributed by atoms with Crippen LogP contribution in [0.25, 0.3) is 0 Å². The summed E-state index contributed by atoms with van der Waals surface area (Å²) in [4.78, 5) is 29.6. The molecule has 0 saturated carbocycles. The van der Waals surface area contributed by atoms with Crippen LogP contribution in [0.2, 0.25) is 0 Å². The Bertz CT molecular complexity index is 789. The zero-order valence-electron chi connectivity index (χ0n) is 13.1. The summed E-state index contributed by atoms with van der Waals surface area (Å²) in [5, 5.41) is 4.05. The number of rotatable bonds is 4. The van der Waals surface area contributed by atoms with Crippen molar-refractivity contribution in [3.63, 3.8) is 0 Å². The van der Waals surface area contributed by atoms with Crippen LogP contribution < -0.4 is 15.1 Å². The van der Waals surface area contributed by atoms with Gasteiger partial charge in [0.1, 0.15) is 12.3 Å². The van der Waals surface area contributed by atoms with Crippen LogP contribution in [0.3, 0.4) is 0 Å². The minimum atomic E-state index is -0.386. The van der Waals surface area contributed by atoms with Crippen LogP contribution in [0.1, 0.15) is 12.5 Å². The van der Waals surface area contributed by atoms with E-state index in [1.165, 1.54) is 4.90 Å². The summed E-state index contributed by atoms with van der Waals surface area (Å²) >= 11 is 0. The molecule has 1 aromatic heterocycles. The average molecular weight is 324 g/mol. The molecule has 0 atom stereocenters. The lowest BCUT2D eigenvalue weighted by Gasteiger charge is -2.28. The molecule has 3 rings (SSSR count). The molecule has 0 spiro atoms. The zero-order valence-corrected chi connectivity index (χ0v) is 13.1. The molecule has 0 radical (unpaired) electrons. The van der Waals surface area contributed by atoms with Gasteiger partial charge in [-0.1, -0.05) is 18.2 Å². The second kappa shape index (κ2) is 6.91. The first-order valence-electron chi connectivity index (χ1n) is 7.41. The Morgan fingerprint density at radius 1 is 1.33 bits per heavy atom. The van der Waals surface area contributed by atoms with Gasteiger partial charge in [-0.3, -0.25) is 19.5 Å². The van der Waals surface area contributed by atoms with E-state index in [9.17, 15) is 9.59 Å². The van der Waals surface area contributed by atoms with Gasteiger partial charge in [-0.05, 0) is 25.1 Å². The number of anilines is 1. The summed E-state index contributed by atoms with van der Waals surface area (Å²) < 4.78 is 5.35. The Balaban J connectivity index is 1.68. The van der Waals surface area contributed by atoms with Gasteiger partial charge in [0.15, 0.2) is 6.61 Å². The molecular formula is C17H16N4O3. The molecule has 2 heterocycles. The van der Waals surface area contributed by atoms with E-state index < -0.39 is 0 Å². The van der Waals surface area contributed by atoms with Gasteiger partial charge in [-0.25, -0.2) is 5.43 Å². The molecule has 2 amide bonds. The fraction of sp³-hybridized carbons (Fsp3) is 0.176. The number of benzene rings is 1. The quantitative estimate of drug-likeness (QED) is 0.679. The third-order valence-corrected chi connectivity index (χ3v) is 3.54. The van der Waals surface area contributed by atoms with Gasteiger partial charge in [0.25, 0.3) is 11.8 Å². The van der Waals surface area contributed by atoms with E-state index in [1.807, 2.05) is 12.1 Å². The van der Waals surface area contributed by atoms with Gasteiger partial charge in [0.05, 0.1) is 11.4 Å². The van der Waals surface area contributed by atoms with Gasteiger partial charge in [0, 0.05) is 18.0 Å². The number of pyridine rings is 1. The average Bonchev–Trinajstić information content (AvgIpc) is 2.63. The Labute approximate surface area is 139 Å². The van der Waals surface area contributed by atoms with Crippen LogP contribution >= 0.6 is 0 Å². The molecule has 0 bridgehead atoms. The van der Waals surface area contributed by atoms with E-state index in [0.29, 0.717) is 17.1 Å². The number of hydrogen-bond donors (Lipinski definition) is 1. The third kappa shape index (κ3) is 3.40. The summed E-state index contributed by atoms with van der Waals surface area (Å²) in [5.74, 6) is -0.0694. The number of hydrazone groups is 1. The van der Waals surface area contributed by atoms with Crippen molar-refractivity contribution >= 4 is 23.2 Å². The Morgan fingerprint density at radius 2 is 2.17 bits per heavy atom. The molecule has 0 saturated heterocycles. The van der Waals surface area contributed by atoms with Crippen molar-refractivity contribution in [2.75, 3.05) is 18.1 Å². The SMILES string of the molecule is C/C(=N/NC(=O)CN1C(=O)COc2ccccc21)c1cccnc1. The predicted molar refractivity (Wildman–Crippen MR) is 88.9 cm³/mol. The second-order valence-corrected chi connectivity index (χ2v) is 5.21. The molecule has 0 aliphatic carbocycles. The molecule has 2 aromatic rings. The minimum Gasteiger partial charge on any atom is -0.482 e. The standard InChI is InChI=1S/C17H16N4O3/c1-12(13-5-4-8-18-9-13)19-20-16(22)10-21-14-6-2-3-7-15(14)24-11-17(21)23/h2-9H,10-11H2,1H3,(H,20,22)/b19-12-. The number of fused-ring (bicyclic) bond motifs is 1. The van der Waals surface area contributed by atoms with Crippen LogP contribution in [0, 0.1) is 0 Å². The Kier molecular flexibility index (Phi) is 4.51. The van der Waals surface area contributed by atoms with Crippen molar-refractivity contribution in [3.05, 3.63) is 54.4 Å². The maximum Gasteiger partial charge on any atom is 0.265 e. The molecule has 1 aromatic carbocycles. The van der Waals surface area contributed by atoms with E-state index in [2.05, 4.69) is 15.5 Å². The van der Waals surface area contributed by atoms with Crippen molar-refractivity contribution < 1.29 is 14.3 Å². The molecule has 1 N–H and O–H groups in total. The summed E-state index contributed by atoms with van der Waals surface area (Å²) in [6.07, 6.45) is 3.32. The maximum absolute atomic E-state index is 12.1. The molecule has 1 aliphatic heterocycles. The van der Waals surface area contributed by atoms with E-state index in [0.717, 1.165) is 5.56 Å². The number of nitrogens with one attached hydrogen (secondary N) is 1. The molecule has 122 valence electrons. The molecule has 24 heavy (non-hydrogen) atoms. The van der Waals surface area contributed by atoms with Crippen LogP contribution in [-0.2, 0) is 9.59 Å². The molecule has 7 nitrogen and oxygen atoms in total. The molecule has 0 unspecified atom stereocenters. The summed E-state index contributed by atoms with van der Waals surface area (Å²) in [5.41, 5.74) is 4.49. The zero-order chi connectivity index (χ0) is 16.9. The number of aromatic nitrogens is 1. The number of hydrogen-bond acceptors (Lipinski definition) is 5. The van der Waals surface area contributed by atoms with E-state index in [1.54, 1.807) is 43.6 Å². The number of nitrogens with zero attached hydrogens (tertiary/aromatic N) is 3. The lowest BCUT2D eigenvalue weighted by atomic mass is 10.2. The first-order chi connectivity index (χ1) is 11.6. The van der Waals surface area contributed by atoms with Crippen LogP contribution in [0.15, 0.2) is 53.9 Å². The molecule has 1 aliphatic rings. The summed E-state index contributed by atoms with van der Waals surface area (Å²) in [6, 6.07) is 10.7. The Morgan fingerprint density at radius 3 is 2.96 bits per heavy atom. The highest BCUT2D eigenvalue weighted by Gasteiger charge is 2.26. The minimum absolute atomic E-state index is 0.0811.